The van der Waals surface area contributed by atoms with Gasteiger partial charge in [0.25, 0.3) is 0 Å². The van der Waals surface area contributed by atoms with Crippen LogP contribution in [0.3, 0.4) is 0 Å². The van der Waals surface area contributed by atoms with E-state index in [1.54, 1.807) is 7.11 Å². The second kappa shape index (κ2) is 8.29. The van der Waals surface area contributed by atoms with Gasteiger partial charge in [0.1, 0.15) is 17.2 Å². The molecule has 0 aliphatic rings. The van der Waals surface area contributed by atoms with Gasteiger partial charge in [-0.05, 0) is 55.7 Å². The lowest BCUT2D eigenvalue weighted by molar-refractivity contribution is 0.117. The highest BCUT2D eigenvalue weighted by Gasteiger charge is 2.54. The van der Waals surface area contributed by atoms with E-state index in [-0.39, 0.29) is 0 Å². The third kappa shape index (κ3) is 4.50. The molecule has 0 amide bonds. The summed E-state index contributed by atoms with van der Waals surface area (Å²) in [6, 6.07) is 23.2. The van der Waals surface area contributed by atoms with Crippen LogP contribution in [0.4, 0.5) is 0 Å². The maximum atomic E-state index is 6.27. The zero-order valence-corrected chi connectivity index (χ0v) is 17.1. The van der Waals surface area contributed by atoms with Crippen molar-refractivity contribution < 1.29 is 17.7 Å². The fourth-order valence-electron chi connectivity index (χ4n) is 2.60. The summed E-state index contributed by atoms with van der Waals surface area (Å²) in [5.41, 5.74) is 2.94. The van der Waals surface area contributed by atoms with Crippen LogP contribution in [-0.2, 0) is 4.43 Å². The van der Waals surface area contributed by atoms with Gasteiger partial charge < -0.3 is 17.7 Å². The standard InChI is InChI=1S/C22H24O4Si/c1-17-11-5-8-14-20(17)24-27(23-4,25-21-15-9-6-12-18(21)2)26-22-16-10-7-13-19(22)3/h5-16H,1-4H3. The Morgan fingerprint density at radius 1 is 0.519 bits per heavy atom. The van der Waals surface area contributed by atoms with Crippen molar-refractivity contribution >= 4 is 9.05 Å². The van der Waals surface area contributed by atoms with Gasteiger partial charge in [0.05, 0.1) is 0 Å². The van der Waals surface area contributed by atoms with Crippen LogP contribution in [0, 0.1) is 20.8 Å². The van der Waals surface area contributed by atoms with Gasteiger partial charge in [-0.1, -0.05) is 54.6 Å². The van der Waals surface area contributed by atoms with Crippen molar-refractivity contribution in [1.29, 1.82) is 0 Å². The Labute approximate surface area is 161 Å². The zero-order chi connectivity index (χ0) is 19.3. The molecule has 3 rings (SSSR count). The minimum Gasteiger partial charge on any atom is -0.461 e. The SMILES string of the molecule is CO[Si](Oc1ccccc1C)(Oc1ccccc1C)Oc1ccccc1C. The molecule has 0 N–H and O–H groups in total. The van der Waals surface area contributed by atoms with Gasteiger partial charge in [0.15, 0.2) is 0 Å². The van der Waals surface area contributed by atoms with Crippen LogP contribution in [-0.4, -0.2) is 16.2 Å². The molecule has 140 valence electrons. The third-order valence-electron chi connectivity index (χ3n) is 4.24. The lowest BCUT2D eigenvalue weighted by Crippen LogP contribution is -2.57. The molecule has 0 fully saturated rings. The van der Waals surface area contributed by atoms with Gasteiger partial charge in [0, 0.05) is 7.11 Å². The minimum absolute atomic E-state index is 0.674. The Balaban J connectivity index is 2.02. The molecule has 0 unspecified atom stereocenters. The monoisotopic (exact) mass is 380 g/mol. The van der Waals surface area contributed by atoms with Gasteiger partial charge in [-0.15, -0.1) is 0 Å². The molecule has 0 atom stereocenters. The van der Waals surface area contributed by atoms with E-state index in [2.05, 4.69) is 0 Å². The average molecular weight is 381 g/mol. The van der Waals surface area contributed by atoms with Crippen LogP contribution in [0.2, 0.25) is 0 Å². The molecular formula is C22H24O4Si. The molecule has 3 aromatic rings. The van der Waals surface area contributed by atoms with Crippen LogP contribution < -0.4 is 13.3 Å². The summed E-state index contributed by atoms with van der Waals surface area (Å²) in [5, 5.41) is 0. The normalized spacial score (nSPS) is 11.1. The predicted octanol–water partition coefficient (Wildman–Crippen LogP) is 5.23. The molecule has 0 radical (unpaired) electrons. The van der Waals surface area contributed by atoms with Gasteiger partial charge >= 0.3 is 9.05 Å². The summed E-state index contributed by atoms with van der Waals surface area (Å²) < 4.78 is 24.6. The summed E-state index contributed by atoms with van der Waals surface area (Å²) in [4.78, 5) is 0. The van der Waals surface area contributed by atoms with Crippen LogP contribution >= 0.6 is 0 Å². The van der Waals surface area contributed by atoms with E-state index in [9.17, 15) is 0 Å². The second-order valence-electron chi connectivity index (χ2n) is 6.31. The summed E-state index contributed by atoms with van der Waals surface area (Å²) in [6.07, 6.45) is 0. The van der Waals surface area contributed by atoms with E-state index in [0.717, 1.165) is 16.7 Å². The molecule has 0 saturated carbocycles. The van der Waals surface area contributed by atoms with E-state index < -0.39 is 9.05 Å². The summed E-state index contributed by atoms with van der Waals surface area (Å²) >= 11 is 0. The Kier molecular flexibility index (Phi) is 5.83. The highest BCUT2D eigenvalue weighted by atomic mass is 28.4. The first-order valence-corrected chi connectivity index (χ1v) is 10.5. The minimum atomic E-state index is -3.59. The molecule has 0 aromatic heterocycles. The Morgan fingerprint density at radius 2 is 0.815 bits per heavy atom. The predicted molar refractivity (Wildman–Crippen MR) is 108 cm³/mol. The highest BCUT2D eigenvalue weighted by molar-refractivity contribution is 6.56. The van der Waals surface area contributed by atoms with Crippen molar-refractivity contribution in [3.8, 4) is 17.2 Å². The maximum absolute atomic E-state index is 6.27. The van der Waals surface area contributed by atoms with Crippen molar-refractivity contribution in [1.82, 2.24) is 0 Å². The Bertz CT molecular complexity index is 794. The van der Waals surface area contributed by atoms with Crippen molar-refractivity contribution in [3.05, 3.63) is 89.5 Å². The van der Waals surface area contributed by atoms with Crippen LogP contribution in [0.25, 0.3) is 0 Å². The molecule has 0 spiro atoms. The summed E-state index contributed by atoms with van der Waals surface area (Å²) in [7, 11) is -2.03. The summed E-state index contributed by atoms with van der Waals surface area (Å²) in [5.74, 6) is 2.02. The lowest BCUT2D eigenvalue weighted by Gasteiger charge is -2.28. The number of hydrogen-bond donors (Lipinski definition) is 0. The van der Waals surface area contributed by atoms with Gasteiger partial charge in [-0.25, -0.2) is 0 Å². The van der Waals surface area contributed by atoms with Crippen LogP contribution in [0.15, 0.2) is 72.8 Å². The van der Waals surface area contributed by atoms with E-state index in [4.69, 9.17) is 17.7 Å². The van der Waals surface area contributed by atoms with E-state index in [1.807, 2.05) is 93.6 Å². The first kappa shape index (κ1) is 19.0. The molecule has 0 aliphatic carbocycles. The highest BCUT2D eigenvalue weighted by Crippen LogP contribution is 2.29. The fourth-order valence-corrected chi connectivity index (χ4v) is 4.47. The quantitative estimate of drug-likeness (QED) is 0.526. The topological polar surface area (TPSA) is 36.9 Å². The average Bonchev–Trinajstić information content (AvgIpc) is 2.67. The number of hydrogen-bond acceptors (Lipinski definition) is 4. The molecule has 5 heteroatoms. The van der Waals surface area contributed by atoms with Gasteiger partial charge in [-0.3, -0.25) is 0 Å². The van der Waals surface area contributed by atoms with Gasteiger partial charge in [0.2, 0.25) is 0 Å². The lowest BCUT2D eigenvalue weighted by atomic mass is 10.2. The molecule has 4 nitrogen and oxygen atoms in total. The van der Waals surface area contributed by atoms with E-state index >= 15 is 0 Å². The van der Waals surface area contributed by atoms with Crippen molar-refractivity contribution in [3.63, 3.8) is 0 Å². The molecule has 3 aromatic carbocycles. The van der Waals surface area contributed by atoms with Gasteiger partial charge in [-0.2, -0.15) is 0 Å². The smallest absolute Gasteiger partial charge is 0.461 e. The van der Waals surface area contributed by atoms with Crippen molar-refractivity contribution in [2.75, 3.05) is 7.11 Å². The molecule has 0 aliphatic heterocycles. The number of para-hydroxylation sites is 3. The largest absolute Gasteiger partial charge is 0.892 e. The molecule has 27 heavy (non-hydrogen) atoms. The number of rotatable bonds is 7. The van der Waals surface area contributed by atoms with E-state index in [1.165, 1.54) is 0 Å². The molecular weight excluding hydrogens is 356 g/mol. The van der Waals surface area contributed by atoms with Crippen molar-refractivity contribution in [2.24, 2.45) is 0 Å². The maximum Gasteiger partial charge on any atom is 0.892 e. The molecule has 0 bridgehead atoms. The summed E-state index contributed by atoms with van der Waals surface area (Å²) in [6.45, 7) is 5.93. The zero-order valence-electron chi connectivity index (χ0n) is 16.1. The van der Waals surface area contributed by atoms with Crippen LogP contribution in [0.5, 0.6) is 17.2 Å². The van der Waals surface area contributed by atoms with Crippen LogP contribution in [0.1, 0.15) is 16.7 Å². The number of benzene rings is 3. The molecule has 0 saturated heterocycles. The fraction of sp³-hybridized carbons (Fsp3) is 0.182. The Morgan fingerprint density at radius 3 is 1.07 bits per heavy atom. The Hall–Kier alpha value is -2.76. The first-order chi connectivity index (χ1) is 13.0. The second-order valence-corrected chi connectivity index (χ2v) is 8.33. The van der Waals surface area contributed by atoms with Crippen molar-refractivity contribution in [2.45, 2.75) is 20.8 Å². The number of aryl methyl sites for hydroxylation is 3. The molecule has 0 heterocycles. The first-order valence-electron chi connectivity index (χ1n) is 8.82. The van der Waals surface area contributed by atoms with E-state index in [0.29, 0.717) is 17.2 Å². The third-order valence-corrected chi connectivity index (χ3v) is 6.15.